The van der Waals surface area contributed by atoms with Gasteiger partial charge in [-0.2, -0.15) is 0 Å². The first kappa shape index (κ1) is 20.5. The van der Waals surface area contributed by atoms with E-state index in [1.807, 2.05) is 0 Å². The summed E-state index contributed by atoms with van der Waals surface area (Å²) >= 11 is 0. The van der Waals surface area contributed by atoms with Crippen LogP contribution in [0, 0.1) is 5.92 Å². The number of rotatable bonds is 7. The fourth-order valence-electron chi connectivity index (χ4n) is 5.50. The van der Waals surface area contributed by atoms with Crippen LogP contribution in [0.4, 0.5) is 0 Å². The van der Waals surface area contributed by atoms with Gasteiger partial charge in [0.2, 0.25) is 0 Å². The highest BCUT2D eigenvalue weighted by atomic mass is 16.5. The van der Waals surface area contributed by atoms with Gasteiger partial charge in [-0.1, -0.05) is 37.3 Å². The van der Waals surface area contributed by atoms with Gasteiger partial charge in [0, 0.05) is 5.54 Å². The minimum atomic E-state index is 0.0789. The molecular formula is C27H37NO. The first-order valence-corrected chi connectivity index (χ1v) is 11.6. The van der Waals surface area contributed by atoms with E-state index >= 15 is 0 Å². The fraction of sp³-hybridized carbons (Fsp3) is 0.556. The molecule has 2 aromatic carbocycles. The molecule has 2 N–H and O–H groups in total. The Morgan fingerprint density at radius 1 is 1.07 bits per heavy atom. The molecule has 2 aromatic rings. The standard InChI is InChI=1S/C27H37NO/c1-3-27(28)16-15-25(19-27)24-12-11-22-17-21(7-10-23(22)18-24)6-4-5-20-8-13-26(29-2)14-9-20/h8-9,11-14,18,21,25H,3-7,10,15-17,19,28H2,1-2H3/t21-,25+,27-/m1/s1. The molecule has 0 radical (unpaired) electrons. The van der Waals surface area contributed by atoms with E-state index in [-0.39, 0.29) is 5.54 Å². The molecule has 156 valence electrons. The number of hydrogen-bond acceptors (Lipinski definition) is 2. The monoisotopic (exact) mass is 391 g/mol. The number of ether oxygens (including phenoxy) is 1. The Morgan fingerprint density at radius 2 is 1.90 bits per heavy atom. The molecule has 0 aliphatic heterocycles. The van der Waals surface area contributed by atoms with Crippen LogP contribution in [0.25, 0.3) is 0 Å². The van der Waals surface area contributed by atoms with Crippen molar-refractivity contribution >= 4 is 0 Å². The summed E-state index contributed by atoms with van der Waals surface area (Å²) in [6, 6.07) is 15.9. The topological polar surface area (TPSA) is 35.2 Å². The van der Waals surface area contributed by atoms with E-state index in [9.17, 15) is 0 Å². The SMILES string of the molecule is CC[C@@]1(N)CC[C@H](c2ccc3c(c2)CC[C@@H](CCCc2ccc(OC)cc2)C3)C1. The maximum atomic E-state index is 6.54. The van der Waals surface area contributed by atoms with E-state index in [1.54, 1.807) is 23.8 Å². The zero-order valence-corrected chi connectivity index (χ0v) is 18.3. The van der Waals surface area contributed by atoms with Crippen LogP contribution in [-0.2, 0) is 19.3 Å². The smallest absolute Gasteiger partial charge is 0.118 e. The molecule has 1 fully saturated rings. The lowest BCUT2D eigenvalue weighted by molar-refractivity contribution is 0.411. The van der Waals surface area contributed by atoms with Crippen molar-refractivity contribution in [1.82, 2.24) is 0 Å². The second-order valence-electron chi connectivity index (χ2n) is 9.53. The van der Waals surface area contributed by atoms with Crippen LogP contribution < -0.4 is 10.5 Å². The quantitative estimate of drug-likeness (QED) is 0.610. The summed E-state index contributed by atoms with van der Waals surface area (Å²) in [7, 11) is 1.73. The van der Waals surface area contributed by atoms with Crippen LogP contribution >= 0.6 is 0 Å². The molecule has 3 atom stereocenters. The maximum absolute atomic E-state index is 6.54. The van der Waals surface area contributed by atoms with Gasteiger partial charge in [0.25, 0.3) is 0 Å². The summed E-state index contributed by atoms with van der Waals surface area (Å²) in [5, 5.41) is 0. The number of hydrogen-bond donors (Lipinski definition) is 1. The molecule has 0 bridgehead atoms. The van der Waals surface area contributed by atoms with E-state index in [4.69, 9.17) is 10.5 Å². The molecule has 0 aromatic heterocycles. The third-order valence-corrected chi connectivity index (χ3v) is 7.62. The van der Waals surface area contributed by atoms with E-state index in [0.717, 1.165) is 24.5 Å². The van der Waals surface area contributed by atoms with Crippen LogP contribution in [0.1, 0.15) is 80.0 Å². The second kappa shape index (κ2) is 8.92. The first-order chi connectivity index (χ1) is 14.1. The molecule has 0 heterocycles. The molecule has 2 heteroatoms. The predicted octanol–water partition coefficient (Wildman–Crippen LogP) is 6.20. The molecule has 2 aliphatic carbocycles. The van der Waals surface area contributed by atoms with E-state index in [1.165, 1.54) is 56.9 Å². The average molecular weight is 392 g/mol. The lowest BCUT2D eigenvalue weighted by atomic mass is 9.79. The van der Waals surface area contributed by atoms with Crippen LogP contribution in [0.15, 0.2) is 42.5 Å². The predicted molar refractivity (Wildman–Crippen MR) is 122 cm³/mol. The minimum absolute atomic E-state index is 0.0789. The van der Waals surface area contributed by atoms with Gasteiger partial charge in [0.15, 0.2) is 0 Å². The highest BCUT2D eigenvalue weighted by molar-refractivity contribution is 5.36. The Labute approximate surface area is 176 Å². The average Bonchev–Trinajstić information content (AvgIpc) is 3.16. The van der Waals surface area contributed by atoms with Crippen molar-refractivity contribution in [2.24, 2.45) is 11.7 Å². The Morgan fingerprint density at radius 3 is 2.62 bits per heavy atom. The van der Waals surface area contributed by atoms with Gasteiger partial charge >= 0.3 is 0 Å². The summed E-state index contributed by atoms with van der Waals surface area (Å²) in [6.45, 7) is 2.24. The normalized spacial score (nSPS) is 26.3. The van der Waals surface area contributed by atoms with Crippen molar-refractivity contribution < 1.29 is 4.74 Å². The van der Waals surface area contributed by atoms with Gasteiger partial charge in [-0.3, -0.25) is 0 Å². The third-order valence-electron chi connectivity index (χ3n) is 7.62. The zero-order chi connectivity index (χ0) is 20.3. The van der Waals surface area contributed by atoms with Gasteiger partial charge < -0.3 is 10.5 Å². The third kappa shape index (κ3) is 4.86. The molecule has 29 heavy (non-hydrogen) atoms. The van der Waals surface area contributed by atoms with Crippen LogP contribution in [-0.4, -0.2) is 12.6 Å². The van der Waals surface area contributed by atoms with Gasteiger partial charge in [0.05, 0.1) is 7.11 Å². The van der Waals surface area contributed by atoms with Crippen LogP contribution in [0.2, 0.25) is 0 Å². The molecule has 2 nitrogen and oxygen atoms in total. The highest BCUT2D eigenvalue weighted by Gasteiger charge is 2.35. The Bertz CT molecular complexity index is 812. The minimum Gasteiger partial charge on any atom is -0.497 e. The van der Waals surface area contributed by atoms with E-state index in [2.05, 4.69) is 49.4 Å². The van der Waals surface area contributed by atoms with Crippen molar-refractivity contribution in [3.63, 3.8) is 0 Å². The number of benzene rings is 2. The van der Waals surface area contributed by atoms with Gasteiger partial charge in [-0.25, -0.2) is 0 Å². The van der Waals surface area contributed by atoms with Gasteiger partial charge in [0.1, 0.15) is 5.75 Å². The number of methoxy groups -OCH3 is 1. The molecule has 2 aliphatic rings. The summed E-state index contributed by atoms with van der Waals surface area (Å²) in [5.41, 5.74) is 12.8. The maximum Gasteiger partial charge on any atom is 0.118 e. The molecule has 1 saturated carbocycles. The number of nitrogens with two attached hydrogens (primary N) is 1. The van der Waals surface area contributed by atoms with Crippen molar-refractivity contribution in [1.29, 1.82) is 0 Å². The van der Waals surface area contributed by atoms with Crippen LogP contribution in [0.3, 0.4) is 0 Å². The summed E-state index contributed by atoms with van der Waals surface area (Å²) < 4.78 is 5.25. The molecular weight excluding hydrogens is 354 g/mol. The second-order valence-corrected chi connectivity index (χ2v) is 9.53. The number of fused-ring (bicyclic) bond motifs is 1. The van der Waals surface area contributed by atoms with Gasteiger partial charge in [-0.05, 0) is 110 Å². The highest BCUT2D eigenvalue weighted by Crippen LogP contribution is 2.42. The molecule has 0 amide bonds. The van der Waals surface area contributed by atoms with Crippen molar-refractivity contribution in [3.8, 4) is 5.75 Å². The molecule has 0 spiro atoms. The fourth-order valence-corrected chi connectivity index (χ4v) is 5.50. The van der Waals surface area contributed by atoms with Crippen molar-refractivity contribution in [2.45, 2.75) is 82.6 Å². The largest absolute Gasteiger partial charge is 0.497 e. The Hall–Kier alpha value is -1.80. The summed E-state index contributed by atoms with van der Waals surface area (Å²) in [4.78, 5) is 0. The molecule has 4 rings (SSSR count). The van der Waals surface area contributed by atoms with Crippen molar-refractivity contribution in [2.75, 3.05) is 7.11 Å². The van der Waals surface area contributed by atoms with Crippen LogP contribution in [0.5, 0.6) is 5.75 Å². The molecule has 0 saturated heterocycles. The molecule has 0 unspecified atom stereocenters. The summed E-state index contributed by atoms with van der Waals surface area (Å²) in [6.07, 6.45) is 12.4. The number of aryl methyl sites for hydroxylation is 2. The first-order valence-electron chi connectivity index (χ1n) is 11.6. The van der Waals surface area contributed by atoms with Gasteiger partial charge in [-0.15, -0.1) is 0 Å². The Kier molecular flexibility index (Phi) is 6.29. The zero-order valence-electron chi connectivity index (χ0n) is 18.3. The Balaban J connectivity index is 1.30. The lowest BCUT2D eigenvalue weighted by Crippen LogP contribution is -2.35. The van der Waals surface area contributed by atoms with Crippen molar-refractivity contribution in [3.05, 3.63) is 64.7 Å². The van der Waals surface area contributed by atoms with E-state index in [0.29, 0.717) is 5.92 Å². The van der Waals surface area contributed by atoms with E-state index < -0.39 is 0 Å². The lowest BCUT2D eigenvalue weighted by Gasteiger charge is -2.26. The summed E-state index contributed by atoms with van der Waals surface area (Å²) in [5.74, 6) is 2.46.